The van der Waals surface area contributed by atoms with Crippen LogP contribution in [-0.4, -0.2) is 56.5 Å². The number of benzene rings is 2. The molecule has 2 unspecified atom stereocenters. The molecule has 2 aromatic rings. The van der Waals surface area contributed by atoms with Gasteiger partial charge in [-0.3, -0.25) is 0 Å². The van der Waals surface area contributed by atoms with Crippen molar-refractivity contribution < 1.29 is 30.0 Å². The van der Waals surface area contributed by atoms with E-state index < -0.39 is 24.1 Å². The molecule has 6 N–H and O–H groups in total. The molecule has 0 aliphatic heterocycles. The number of nitrogens with one attached hydrogen (secondary N) is 2. The van der Waals surface area contributed by atoms with Gasteiger partial charge in [0, 0.05) is 57.5 Å². The number of hydrogen-bond donors (Lipinski definition) is 6. The van der Waals surface area contributed by atoms with Gasteiger partial charge >= 0.3 is 11.9 Å². The molecule has 2 rings (SSSR count). The maximum absolute atomic E-state index is 10.5. The van der Waals surface area contributed by atoms with E-state index in [1.165, 1.54) is 0 Å². The van der Waals surface area contributed by atoms with Gasteiger partial charge in [0.25, 0.3) is 0 Å². The molecule has 0 aromatic heterocycles. The highest BCUT2D eigenvalue weighted by Crippen LogP contribution is 2.25. The smallest absolute Gasteiger partial charge is 0.328 e. The molecule has 0 heterocycles. The van der Waals surface area contributed by atoms with Crippen molar-refractivity contribution >= 4 is 35.1 Å². The summed E-state index contributed by atoms with van der Waals surface area (Å²) in [7, 11) is 0. The van der Waals surface area contributed by atoms with E-state index in [1.807, 2.05) is 36.4 Å². The summed E-state index contributed by atoms with van der Waals surface area (Å²) in [5.74, 6) is -2.51. The van der Waals surface area contributed by atoms with Gasteiger partial charge in [-0.25, -0.2) is 9.59 Å². The van der Waals surface area contributed by atoms with Gasteiger partial charge in [0.15, 0.2) is 0 Å². The zero-order chi connectivity index (χ0) is 28.9. The van der Waals surface area contributed by atoms with Crippen LogP contribution < -0.4 is 10.6 Å². The normalized spacial score (nSPS) is 13.5. The van der Waals surface area contributed by atoms with Crippen molar-refractivity contribution in [3.8, 4) is 0 Å². The number of β-amino-alcohol motifs (C(OH)–C–C–N with tert-alkyl or cyclic N) is 2. The Morgan fingerprint density at radius 3 is 1.34 bits per heavy atom. The van der Waals surface area contributed by atoms with Crippen LogP contribution in [0.4, 0.5) is 0 Å². The zero-order valence-electron chi connectivity index (χ0n) is 22.1. The first-order valence-corrected chi connectivity index (χ1v) is 12.9. The van der Waals surface area contributed by atoms with E-state index in [4.69, 9.17) is 33.4 Å². The molecule has 2 aromatic carbocycles. The molecule has 2 atom stereocenters. The molecule has 38 heavy (non-hydrogen) atoms. The van der Waals surface area contributed by atoms with Crippen LogP contribution in [0.2, 0.25) is 10.0 Å². The number of carbonyl (C=O) groups is 2. The fourth-order valence-corrected chi connectivity index (χ4v) is 3.92. The van der Waals surface area contributed by atoms with Gasteiger partial charge in [0.2, 0.25) is 0 Å². The van der Waals surface area contributed by atoms with Gasteiger partial charge < -0.3 is 31.1 Å². The largest absolute Gasteiger partial charge is 0.478 e. The van der Waals surface area contributed by atoms with Crippen molar-refractivity contribution in [3.05, 3.63) is 81.9 Å². The van der Waals surface area contributed by atoms with E-state index in [0.29, 0.717) is 35.3 Å². The Hall–Kier alpha value is -2.46. The van der Waals surface area contributed by atoms with Crippen molar-refractivity contribution in [1.29, 1.82) is 0 Å². The standard InChI is InChI=1S/C24H34Cl2N2O2.C4H4O4/c1-23(2,27-15-21(29)17-9-5-7-11-19(17)25)13-14-24(3,4)28-16-22(30)18-10-6-8-12-20(18)26;5-3(6)1-2-4(7)8/h5-12,21-22,27-30H,13-16H2,1-4H3;1-2H,(H,5,6)(H,7,8)/b;2-1-. The lowest BCUT2D eigenvalue weighted by Crippen LogP contribution is -2.46. The van der Waals surface area contributed by atoms with E-state index in [0.717, 1.165) is 24.0 Å². The minimum absolute atomic E-state index is 0.164. The maximum Gasteiger partial charge on any atom is 0.328 e. The van der Waals surface area contributed by atoms with Gasteiger partial charge in [-0.05, 0) is 52.7 Å². The van der Waals surface area contributed by atoms with Crippen molar-refractivity contribution in [2.75, 3.05) is 13.1 Å². The van der Waals surface area contributed by atoms with Crippen LogP contribution >= 0.6 is 23.2 Å². The number of carboxylic acid groups (broad SMARTS) is 2. The first-order valence-electron chi connectivity index (χ1n) is 12.1. The number of halogens is 2. The number of aliphatic hydroxyl groups is 2. The summed E-state index contributed by atoms with van der Waals surface area (Å²) in [6.45, 7) is 9.36. The molecule has 10 heteroatoms. The van der Waals surface area contributed by atoms with Crippen LogP contribution in [0, 0.1) is 0 Å². The number of hydrogen-bond acceptors (Lipinski definition) is 6. The van der Waals surface area contributed by atoms with Crippen molar-refractivity contribution in [1.82, 2.24) is 10.6 Å². The molecular weight excluding hydrogens is 531 g/mol. The lowest BCUT2D eigenvalue weighted by molar-refractivity contribution is -0.134. The van der Waals surface area contributed by atoms with Gasteiger partial charge in [-0.15, -0.1) is 0 Å². The SMILES string of the molecule is CC(C)(CCC(C)(C)NCC(O)c1ccccc1Cl)NCC(O)c1ccccc1Cl.O=C(O)/C=C\C(=O)O. The van der Waals surface area contributed by atoms with Gasteiger partial charge in [0.05, 0.1) is 12.2 Å². The average Bonchev–Trinajstić information content (AvgIpc) is 2.85. The fraction of sp³-hybridized carbons (Fsp3) is 0.429. The lowest BCUT2D eigenvalue weighted by atomic mass is 9.89. The van der Waals surface area contributed by atoms with Gasteiger partial charge in [-0.1, -0.05) is 59.6 Å². The molecule has 0 saturated heterocycles. The Labute approximate surface area is 234 Å². The number of aliphatic carboxylic acids is 2. The Morgan fingerprint density at radius 2 is 1.05 bits per heavy atom. The van der Waals surface area contributed by atoms with Crippen LogP contribution in [0.1, 0.15) is 63.9 Å². The van der Waals surface area contributed by atoms with E-state index >= 15 is 0 Å². The molecule has 0 aliphatic carbocycles. The molecule has 8 nitrogen and oxygen atoms in total. The number of rotatable bonds is 13. The van der Waals surface area contributed by atoms with Gasteiger partial charge in [0.1, 0.15) is 0 Å². The van der Waals surface area contributed by atoms with E-state index in [9.17, 15) is 19.8 Å². The predicted octanol–water partition coefficient (Wildman–Crippen LogP) is 4.99. The topological polar surface area (TPSA) is 139 Å². The Morgan fingerprint density at radius 1 is 0.737 bits per heavy atom. The Bertz CT molecular complexity index is 991. The van der Waals surface area contributed by atoms with Crippen molar-refractivity contribution in [2.45, 2.75) is 63.8 Å². The third kappa shape index (κ3) is 13.4. The molecule has 0 bridgehead atoms. The minimum Gasteiger partial charge on any atom is -0.478 e. The summed E-state index contributed by atoms with van der Waals surface area (Å²) in [5.41, 5.74) is 1.14. The van der Waals surface area contributed by atoms with E-state index in [2.05, 4.69) is 38.3 Å². The maximum atomic E-state index is 10.5. The molecule has 0 spiro atoms. The number of aliphatic hydroxyl groups excluding tert-OH is 2. The fourth-order valence-electron chi connectivity index (χ4n) is 3.40. The molecule has 0 amide bonds. The summed E-state index contributed by atoms with van der Waals surface area (Å²) in [6.07, 6.45) is 1.59. The third-order valence-corrected chi connectivity index (χ3v) is 6.51. The second-order valence-corrected chi connectivity index (χ2v) is 10.9. The van der Waals surface area contributed by atoms with E-state index in [1.54, 1.807) is 12.1 Å². The molecule has 0 aliphatic rings. The highest BCUT2D eigenvalue weighted by molar-refractivity contribution is 6.31. The van der Waals surface area contributed by atoms with Crippen LogP contribution in [0.5, 0.6) is 0 Å². The third-order valence-electron chi connectivity index (χ3n) is 5.82. The van der Waals surface area contributed by atoms with E-state index in [-0.39, 0.29) is 11.1 Å². The van der Waals surface area contributed by atoms with Crippen LogP contribution in [-0.2, 0) is 9.59 Å². The van der Waals surface area contributed by atoms with Crippen LogP contribution in [0.15, 0.2) is 60.7 Å². The first kappa shape index (κ1) is 33.6. The predicted molar refractivity (Wildman–Crippen MR) is 151 cm³/mol. The first-order chi connectivity index (χ1) is 17.6. The minimum atomic E-state index is -1.26. The summed E-state index contributed by atoms with van der Waals surface area (Å²) in [6, 6.07) is 14.7. The number of carboxylic acids is 2. The molecular formula is C28H38Cl2N2O6. The Kier molecular flexibility index (Phi) is 14.0. The van der Waals surface area contributed by atoms with Crippen LogP contribution in [0.25, 0.3) is 0 Å². The monoisotopic (exact) mass is 568 g/mol. The highest BCUT2D eigenvalue weighted by atomic mass is 35.5. The molecule has 0 fully saturated rings. The summed E-state index contributed by atoms with van der Waals surface area (Å²) >= 11 is 12.4. The molecule has 0 saturated carbocycles. The molecule has 210 valence electrons. The van der Waals surface area contributed by atoms with Crippen molar-refractivity contribution in [3.63, 3.8) is 0 Å². The van der Waals surface area contributed by atoms with Crippen LogP contribution in [0.3, 0.4) is 0 Å². The summed E-state index contributed by atoms with van der Waals surface area (Å²) in [5, 5.41) is 44.6. The molecule has 0 radical (unpaired) electrons. The lowest BCUT2D eigenvalue weighted by Gasteiger charge is -2.34. The zero-order valence-corrected chi connectivity index (χ0v) is 23.6. The average molecular weight is 570 g/mol. The Balaban J connectivity index is 0.000000781. The quantitative estimate of drug-likeness (QED) is 0.186. The highest BCUT2D eigenvalue weighted by Gasteiger charge is 2.26. The second kappa shape index (κ2) is 15.8. The second-order valence-electron chi connectivity index (χ2n) is 10.1. The van der Waals surface area contributed by atoms with Crippen molar-refractivity contribution in [2.24, 2.45) is 0 Å². The summed E-state index contributed by atoms with van der Waals surface area (Å²) < 4.78 is 0. The summed E-state index contributed by atoms with van der Waals surface area (Å²) in [4.78, 5) is 19.1. The van der Waals surface area contributed by atoms with Gasteiger partial charge in [-0.2, -0.15) is 0 Å².